The molecule has 0 atom stereocenters. The minimum atomic E-state index is -0.0885. The number of allylic oxidation sites excluding steroid dienone is 1. The minimum absolute atomic E-state index is 0.0294. The van der Waals surface area contributed by atoms with E-state index in [1.165, 1.54) is 0 Å². The van der Waals surface area contributed by atoms with Crippen LogP contribution in [-0.2, 0) is 11.3 Å². The van der Waals surface area contributed by atoms with Gasteiger partial charge in [-0.2, -0.15) is 0 Å². The van der Waals surface area contributed by atoms with Crippen LogP contribution in [0.2, 0.25) is 0 Å². The van der Waals surface area contributed by atoms with Crippen molar-refractivity contribution < 1.29 is 14.6 Å². The van der Waals surface area contributed by atoms with Gasteiger partial charge in [0, 0.05) is 17.7 Å². The van der Waals surface area contributed by atoms with E-state index >= 15 is 0 Å². The standard InChI is InChI=1S/C14H19NO3/c1-3-11(2)14(17)15-10-12-6-4-5-7-13(12)18-9-8-16/h3-7,16H,8-10H2,1-2H3,(H,15,17)/b11-3-. The van der Waals surface area contributed by atoms with Crippen molar-refractivity contribution in [3.05, 3.63) is 41.5 Å². The highest BCUT2D eigenvalue weighted by atomic mass is 16.5. The van der Waals surface area contributed by atoms with Gasteiger partial charge in [0.05, 0.1) is 6.61 Å². The van der Waals surface area contributed by atoms with E-state index in [1.807, 2.05) is 31.2 Å². The van der Waals surface area contributed by atoms with Gasteiger partial charge in [-0.25, -0.2) is 0 Å². The number of nitrogens with one attached hydrogen (secondary N) is 1. The first kappa shape index (κ1) is 14.3. The lowest BCUT2D eigenvalue weighted by Crippen LogP contribution is -2.23. The van der Waals surface area contributed by atoms with E-state index in [-0.39, 0.29) is 19.1 Å². The predicted molar refractivity (Wildman–Crippen MR) is 70.3 cm³/mol. The van der Waals surface area contributed by atoms with E-state index in [4.69, 9.17) is 9.84 Å². The molecule has 0 bridgehead atoms. The minimum Gasteiger partial charge on any atom is -0.491 e. The van der Waals surface area contributed by atoms with Crippen molar-refractivity contribution in [1.82, 2.24) is 5.32 Å². The quantitative estimate of drug-likeness (QED) is 0.753. The Bertz CT molecular complexity index is 427. The zero-order chi connectivity index (χ0) is 13.4. The lowest BCUT2D eigenvalue weighted by molar-refractivity contribution is -0.117. The third-order valence-electron chi connectivity index (χ3n) is 2.55. The summed E-state index contributed by atoms with van der Waals surface area (Å²) in [5.74, 6) is 0.597. The number of ether oxygens (including phenoxy) is 1. The van der Waals surface area contributed by atoms with Crippen LogP contribution in [0.1, 0.15) is 19.4 Å². The summed E-state index contributed by atoms with van der Waals surface area (Å²) < 4.78 is 5.39. The second kappa shape index (κ2) is 7.50. The van der Waals surface area contributed by atoms with E-state index in [0.29, 0.717) is 17.9 Å². The smallest absolute Gasteiger partial charge is 0.246 e. The number of hydrogen-bond acceptors (Lipinski definition) is 3. The summed E-state index contributed by atoms with van der Waals surface area (Å²) in [6.07, 6.45) is 1.77. The van der Waals surface area contributed by atoms with Crippen LogP contribution < -0.4 is 10.1 Å². The fourth-order valence-electron chi connectivity index (χ4n) is 1.39. The molecule has 0 spiro atoms. The van der Waals surface area contributed by atoms with Gasteiger partial charge in [-0.15, -0.1) is 0 Å². The summed E-state index contributed by atoms with van der Waals surface area (Å²) >= 11 is 0. The molecule has 1 aromatic rings. The molecule has 0 unspecified atom stereocenters. The van der Waals surface area contributed by atoms with Crippen LogP contribution in [0.15, 0.2) is 35.9 Å². The van der Waals surface area contributed by atoms with Crippen molar-refractivity contribution in [2.24, 2.45) is 0 Å². The number of carbonyl (C=O) groups excluding carboxylic acids is 1. The highest BCUT2D eigenvalue weighted by Crippen LogP contribution is 2.17. The van der Waals surface area contributed by atoms with Gasteiger partial charge in [0.15, 0.2) is 0 Å². The third kappa shape index (κ3) is 4.22. The van der Waals surface area contributed by atoms with Crippen LogP contribution >= 0.6 is 0 Å². The van der Waals surface area contributed by atoms with E-state index < -0.39 is 0 Å². The maximum absolute atomic E-state index is 11.6. The Morgan fingerprint density at radius 2 is 2.17 bits per heavy atom. The Balaban J connectivity index is 2.64. The number of aliphatic hydroxyl groups is 1. The molecule has 0 aliphatic rings. The van der Waals surface area contributed by atoms with Crippen LogP contribution in [0.4, 0.5) is 0 Å². The second-order valence-corrected chi connectivity index (χ2v) is 3.83. The Morgan fingerprint density at radius 3 is 2.83 bits per heavy atom. The van der Waals surface area contributed by atoms with Gasteiger partial charge in [-0.3, -0.25) is 4.79 Å². The van der Waals surface area contributed by atoms with Gasteiger partial charge in [-0.1, -0.05) is 24.3 Å². The average Bonchev–Trinajstić information content (AvgIpc) is 2.42. The Morgan fingerprint density at radius 1 is 1.44 bits per heavy atom. The summed E-state index contributed by atoms with van der Waals surface area (Å²) in [6.45, 7) is 4.22. The molecule has 1 amide bonds. The fourth-order valence-corrected chi connectivity index (χ4v) is 1.39. The van der Waals surface area contributed by atoms with Crippen molar-refractivity contribution in [3.8, 4) is 5.75 Å². The monoisotopic (exact) mass is 249 g/mol. The number of benzene rings is 1. The molecule has 0 radical (unpaired) electrons. The topological polar surface area (TPSA) is 58.6 Å². The number of carbonyl (C=O) groups is 1. The zero-order valence-corrected chi connectivity index (χ0v) is 10.8. The molecule has 0 saturated heterocycles. The van der Waals surface area contributed by atoms with E-state index in [9.17, 15) is 4.79 Å². The molecule has 4 nitrogen and oxygen atoms in total. The number of hydrogen-bond donors (Lipinski definition) is 2. The molecular weight excluding hydrogens is 230 g/mol. The molecule has 1 rings (SSSR count). The third-order valence-corrected chi connectivity index (χ3v) is 2.55. The largest absolute Gasteiger partial charge is 0.491 e. The van der Waals surface area contributed by atoms with Gasteiger partial charge >= 0.3 is 0 Å². The number of aliphatic hydroxyl groups excluding tert-OH is 1. The molecule has 0 heterocycles. The van der Waals surface area contributed by atoms with Crippen LogP contribution in [0.3, 0.4) is 0 Å². The molecule has 0 aromatic heterocycles. The molecule has 0 saturated carbocycles. The molecule has 0 fully saturated rings. The van der Waals surface area contributed by atoms with Crippen molar-refractivity contribution >= 4 is 5.91 Å². The number of para-hydroxylation sites is 1. The van der Waals surface area contributed by atoms with Crippen molar-refractivity contribution in [2.75, 3.05) is 13.2 Å². The summed E-state index contributed by atoms with van der Waals surface area (Å²) in [4.78, 5) is 11.6. The molecule has 18 heavy (non-hydrogen) atoms. The fraction of sp³-hybridized carbons (Fsp3) is 0.357. The summed E-state index contributed by atoms with van der Waals surface area (Å²) in [5.41, 5.74) is 1.58. The van der Waals surface area contributed by atoms with E-state index in [2.05, 4.69) is 5.32 Å². The van der Waals surface area contributed by atoms with Gasteiger partial charge in [-0.05, 0) is 19.9 Å². The predicted octanol–water partition coefficient (Wildman–Crippen LogP) is 1.64. The van der Waals surface area contributed by atoms with Gasteiger partial charge in [0.25, 0.3) is 0 Å². The number of amides is 1. The van der Waals surface area contributed by atoms with E-state index in [0.717, 1.165) is 5.56 Å². The molecule has 98 valence electrons. The Labute approximate surface area is 107 Å². The Kier molecular flexibility index (Phi) is 5.94. The van der Waals surface area contributed by atoms with Gasteiger partial charge < -0.3 is 15.2 Å². The van der Waals surface area contributed by atoms with Crippen LogP contribution in [0, 0.1) is 0 Å². The molecule has 0 aliphatic heterocycles. The maximum Gasteiger partial charge on any atom is 0.246 e. The summed E-state index contributed by atoms with van der Waals surface area (Å²) in [6, 6.07) is 7.45. The van der Waals surface area contributed by atoms with Crippen LogP contribution in [0.5, 0.6) is 5.75 Å². The Hall–Kier alpha value is -1.81. The van der Waals surface area contributed by atoms with Crippen molar-refractivity contribution in [3.63, 3.8) is 0 Å². The SMILES string of the molecule is C/C=C(/C)C(=O)NCc1ccccc1OCCO. The van der Waals surface area contributed by atoms with Crippen LogP contribution in [0.25, 0.3) is 0 Å². The lowest BCUT2D eigenvalue weighted by atomic mass is 10.2. The van der Waals surface area contributed by atoms with Crippen molar-refractivity contribution in [2.45, 2.75) is 20.4 Å². The zero-order valence-electron chi connectivity index (χ0n) is 10.8. The lowest BCUT2D eigenvalue weighted by Gasteiger charge is -2.11. The summed E-state index contributed by atoms with van der Waals surface area (Å²) in [7, 11) is 0. The van der Waals surface area contributed by atoms with Gasteiger partial charge in [0.2, 0.25) is 5.91 Å². The second-order valence-electron chi connectivity index (χ2n) is 3.83. The molecule has 0 aliphatic carbocycles. The highest BCUT2D eigenvalue weighted by molar-refractivity contribution is 5.92. The molecule has 1 aromatic carbocycles. The first-order valence-corrected chi connectivity index (χ1v) is 5.91. The molecule has 2 N–H and O–H groups in total. The normalized spacial score (nSPS) is 11.2. The summed E-state index contributed by atoms with van der Waals surface area (Å²) in [5, 5.41) is 11.6. The molecule has 4 heteroatoms. The first-order chi connectivity index (χ1) is 8.69. The van der Waals surface area contributed by atoms with E-state index in [1.54, 1.807) is 13.0 Å². The highest BCUT2D eigenvalue weighted by Gasteiger charge is 2.06. The average molecular weight is 249 g/mol. The van der Waals surface area contributed by atoms with Crippen molar-refractivity contribution in [1.29, 1.82) is 0 Å². The van der Waals surface area contributed by atoms with Crippen LogP contribution in [-0.4, -0.2) is 24.2 Å². The molecular formula is C14H19NO3. The number of rotatable bonds is 6. The maximum atomic E-state index is 11.6. The first-order valence-electron chi connectivity index (χ1n) is 5.91. The van der Waals surface area contributed by atoms with Gasteiger partial charge in [0.1, 0.15) is 12.4 Å².